The summed E-state index contributed by atoms with van der Waals surface area (Å²) in [4.78, 5) is 10.5. The first-order valence-corrected chi connectivity index (χ1v) is 5.16. The van der Waals surface area contributed by atoms with Crippen molar-refractivity contribution in [2.45, 2.75) is 27.2 Å². The van der Waals surface area contributed by atoms with Gasteiger partial charge in [-0.3, -0.25) is 4.79 Å². The summed E-state index contributed by atoms with van der Waals surface area (Å²) in [6.07, 6.45) is 0.131. The number of carbonyl (C=O) groups is 1. The number of hydrogen-bond acceptors (Lipinski definition) is 3. The van der Waals surface area contributed by atoms with Crippen molar-refractivity contribution >= 4 is 5.97 Å². The molecule has 0 aromatic heterocycles. The highest BCUT2D eigenvalue weighted by Crippen LogP contribution is 2.20. The van der Waals surface area contributed by atoms with Crippen molar-refractivity contribution in [1.82, 2.24) is 0 Å². The van der Waals surface area contributed by atoms with Gasteiger partial charge in [0, 0.05) is 13.0 Å². The van der Waals surface area contributed by atoms with Crippen LogP contribution in [-0.4, -0.2) is 38.0 Å². The van der Waals surface area contributed by atoms with Crippen LogP contribution in [0.2, 0.25) is 0 Å². The summed E-state index contributed by atoms with van der Waals surface area (Å²) in [7, 11) is 1.66. The Morgan fingerprint density at radius 3 is 2.47 bits per heavy atom. The third-order valence-corrected chi connectivity index (χ3v) is 1.98. The molecule has 0 spiro atoms. The van der Waals surface area contributed by atoms with Crippen LogP contribution in [-0.2, 0) is 14.3 Å². The lowest BCUT2D eigenvalue weighted by molar-refractivity contribution is -0.140. The molecule has 15 heavy (non-hydrogen) atoms. The molecule has 1 atom stereocenters. The molecular formula is C11H22O4. The average molecular weight is 218 g/mol. The number of ether oxygens (including phenoxy) is 2. The molecule has 0 heterocycles. The maximum Gasteiger partial charge on any atom is 0.303 e. The first kappa shape index (κ1) is 14.4. The fraction of sp³-hybridized carbons (Fsp3) is 0.909. The van der Waals surface area contributed by atoms with Gasteiger partial charge in [0.25, 0.3) is 0 Å². The summed E-state index contributed by atoms with van der Waals surface area (Å²) in [5.41, 5.74) is -0.307. The van der Waals surface area contributed by atoms with Crippen molar-refractivity contribution in [2.75, 3.05) is 26.9 Å². The van der Waals surface area contributed by atoms with Crippen LogP contribution in [0.4, 0.5) is 0 Å². The van der Waals surface area contributed by atoms with E-state index in [2.05, 4.69) is 0 Å². The van der Waals surface area contributed by atoms with Gasteiger partial charge in [0.05, 0.1) is 26.2 Å². The molecule has 0 aliphatic carbocycles. The Kier molecular flexibility index (Phi) is 6.52. The number of hydrogen-bond donors (Lipinski definition) is 1. The second kappa shape index (κ2) is 6.80. The van der Waals surface area contributed by atoms with Crippen LogP contribution >= 0.6 is 0 Å². The standard InChI is InChI=1S/C11H22O4/c1-9(6-14-4)7-15-8-11(2,3)5-10(12)13/h9H,5-8H2,1-4H3,(H,12,13). The summed E-state index contributed by atoms with van der Waals surface area (Å²) >= 11 is 0. The minimum Gasteiger partial charge on any atom is -0.481 e. The topological polar surface area (TPSA) is 55.8 Å². The number of rotatable bonds is 8. The predicted molar refractivity (Wildman–Crippen MR) is 57.9 cm³/mol. The van der Waals surface area contributed by atoms with E-state index in [0.717, 1.165) is 0 Å². The second-order valence-corrected chi connectivity index (χ2v) is 4.81. The molecular weight excluding hydrogens is 196 g/mol. The molecule has 0 aromatic carbocycles. The third kappa shape index (κ3) is 8.39. The third-order valence-electron chi connectivity index (χ3n) is 1.98. The first-order chi connectivity index (χ1) is 6.87. The highest BCUT2D eigenvalue weighted by molar-refractivity contribution is 5.67. The van der Waals surface area contributed by atoms with Crippen LogP contribution in [0.25, 0.3) is 0 Å². The van der Waals surface area contributed by atoms with Gasteiger partial charge in [0.15, 0.2) is 0 Å². The Hall–Kier alpha value is -0.610. The molecule has 1 unspecified atom stereocenters. The quantitative estimate of drug-likeness (QED) is 0.674. The van der Waals surface area contributed by atoms with E-state index in [9.17, 15) is 4.79 Å². The second-order valence-electron chi connectivity index (χ2n) is 4.81. The van der Waals surface area contributed by atoms with Gasteiger partial charge in [0.2, 0.25) is 0 Å². The van der Waals surface area contributed by atoms with Crippen LogP contribution in [0.3, 0.4) is 0 Å². The van der Waals surface area contributed by atoms with Crippen molar-refractivity contribution in [3.63, 3.8) is 0 Å². The van der Waals surface area contributed by atoms with Crippen molar-refractivity contribution < 1.29 is 19.4 Å². The lowest BCUT2D eigenvalue weighted by Gasteiger charge is -2.23. The van der Waals surface area contributed by atoms with E-state index in [1.807, 2.05) is 20.8 Å². The SMILES string of the molecule is COCC(C)COCC(C)(C)CC(=O)O. The fourth-order valence-electron chi connectivity index (χ4n) is 1.33. The van der Waals surface area contributed by atoms with Crippen LogP contribution in [0.1, 0.15) is 27.2 Å². The molecule has 0 aliphatic heterocycles. The van der Waals surface area contributed by atoms with E-state index in [1.54, 1.807) is 7.11 Å². The largest absolute Gasteiger partial charge is 0.481 e. The van der Waals surface area contributed by atoms with Crippen LogP contribution in [0, 0.1) is 11.3 Å². The molecule has 0 rings (SSSR count). The number of carboxylic acid groups (broad SMARTS) is 1. The normalized spacial score (nSPS) is 13.9. The van der Waals surface area contributed by atoms with Crippen molar-refractivity contribution in [1.29, 1.82) is 0 Å². The van der Waals surface area contributed by atoms with Gasteiger partial charge >= 0.3 is 5.97 Å². The van der Waals surface area contributed by atoms with Crippen LogP contribution in [0.15, 0.2) is 0 Å². The first-order valence-electron chi connectivity index (χ1n) is 5.16. The molecule has 4 heteroatoms. The Morgan fingerprint density at radius 2 is 2.00 bits per heavy atom. The van der Waals surface area contributed by atoms with E-state index in [0.29, 0.717) is 25.7 Å². The Bertz CT molecular complexity index is 189. The summed E-state index contributed by atoms with van der Waals surface area (Å²) in [6, 6.07) is 0. The van der Waals surface area contributed by atoms with Crippen molar-refractivity contribution in [3.05, 3.63) is 0 Å². The number of aliphatic carboxylic acids is 1. The van der Waals surface area contributed by atoms with Gasteiger partial charge in [-0.05, 0) is 5.41 Å². The minimum atomic E-state index is -0.784. The zero-order valence-corrected chi connectivity index (χ0v) is 10.1. The van der Waals surface area contributed by atoms with E-state index in [-0.39, 0.29) is 11.8 Å². The monoisotopic (exact) mass is 218 g/mol. The highest BCUT2D eigenvalue weighted by Gasteiger charge is 2.22. The average Bonchev–Trinajstić information content (AvgIpc) is 2.01. The molecule has 0 radical (unpaired) electrons. The highest BCUT2D eigenvalue weighted by atomic mass is 16.5. The Balaban J connectivity index is 3.69. The van der Waals surface area contributed by atoms with E-state index in [1.165, 1.54) is 0 Å². The molecule has 90 valence electrons. The predicted octanol–water partition coefficient (Wildman–Crippen LogP) is 1.79. The van der Waals surface area contributed by atoms with Crippen LogP contribution < -0.4 is 0 Å². The zero-order valence-electron chi connectivity index (χ0n) is 10.1. The van der Waals surface area contributed by atoms with Crippen molar-refractivity contribution in [2.24, 2.45) is 11.3 Å². The number of methoxy groups -OCH3 is 1. The molecule has 0 saturated carbocycles. The van der Waals surface area contributed by atoms with E-state index < -0.39 is 5.97 Å². The maximum atomic E-state index is 10.5. The lowest BCUT2D eigenvalue weighted by Crippen LogP contribution is -2.25. The summed E-state index contributed by atoms with van der Waals surface area (Å²) in [6.45, 7) is 7.56. The fourth-order valence-corrected chi connectivity index (χ4v) is 1.33. The summed E-state index contributed by atoms with van der Waals surface area (Å²) < 4.78 is 10.4. The van der Waals surface area contributed by atoms with E-state index in [4.69, 9.17) is 14.6 Å². The lowest BCUT2D eigenvalue weighted by atomic mass is 9.91. The molecule has 4 nitrogen and oxygen atoms in total. The van der Waals surface area contributed by atoms with Gasteiger partial charge < -0.3 is 14.6 Å². The van der Waals surface area contributed by atoms with Gasteiger partial charge in [0.1, 0.15) is 0 Å². The van der Waals surface area contributed by atoms with Gasteiger partial charge in [-0.1, -0.05) is 20.8 Å². The molecule has 0 saturated heterocycles. The minimum absolute atomic E-state index is 0.131. The number of carboxylic acids is 1. The molecule has 0 aliphatic rings. The van der Waals surface area contributed by atoms with Crippen molar-refractivity contribution in [3.8, 4) is 0 Å². The summed E-state index contributed by atoms with van der Waals surface area (Å²) in [5.74, 6) is -0.441. The van der Waals surface area contributed by atoms with Gasteiger partial charge in [-0.25, -0.2) is 0 Å². The smallest absolute Gasteiger partial charge is 0.303 e. The molecule has 1 N–H and O–H groups in total. The van der Waals surface area contributed by atoms with Gasteiger partial charge in [-0.15, -0.1) is 0 Å². The van der Waals surface area contributed by atoms with Gasteiger partial charge in [-0.2, -0.15) is 0 Å². The summed E-state index contributed by atoms with van der Waals surface area (Å²) in [5, 5.41) is 8.67. The van der Waals surface area contributed by atoms with E-state index >= 15 is 0 Å². The molecule has 0 amide bonds. The maximum absolute atomic E-state index is 10.5. The Labute approximate surface area is 91.6 Å². The zero-order chi connectivity index (χ0) is 11.9. The molecule has 0 aromatic rings. The molecule has 0 bridgehead atoms. The Morgan fingerprint density at radius 1 is 1.40 bits per heavy atom. The molecule has 0 fully saturated rings. The van der Waals surface area contributed by atoms with Crippen LogP contribution in [0.5, 0.6) is 0 Å².